The van der Waals surface area contributed by atoms with E-state index in [0.29, 0.717) is 52.2 Å². The minimum atomic E-state index is -0.326. The summed E-state index contributed by atoms with van der Waals surface area (Å²) in [5, 5.41) is 5.91. The summed E-state index contributed by atoms with van der Waals surface area (Å²) in [7, 11) is 1.61. The molecular weight excluding hydrogens is 404 g/mol. The predicted molar refractivity (Wildman–Crippen MR) is 119 cm³/mol. The van der Waals surface area contributed by atoms with Gasteiger partial charge in [0.1, 0.15) is 0 Å². The number of aromatic amines is 1. The highest BCUT2D eigenvalue weighted by Gasteiger charge is 2.11. The molecule has 9 heteroatoms. The van der Waals surface area contributed by atoms with Gasteiger partial charge in [0.25, 0.3) is 11.5 Å². The molecule has 3 aromatic rings. The summed E-state index contributed by atoms with van der Waals surface area (Å²) in [6.45, 7) is 2.41. The lowest BCUT2D eigenvalue weighted by Gasteiger charge is -2.10. The third-order valence-electron chi connectivity index (χ3n) is 4.44. The minimum Gasteiger partial charge on any atom is -0.385 e. The Morgan fingerprint density at radius 1 is 1.10 bits per heavy atom. The van der Waals surface area contributed by atoms with Gasteiger partial charge in [-0.15, -0.1) is 0 Å². The van der Waals surface area contributed by atoms with Crippen LogP contribution in [0.15, 0.2) is 47.3 Å². The molecule has 3 rings (SSSR count). The van der Waals surface area contributed by atoms with Crippen LogP contribution < -0.4 is 16.2 Å². The highest BCUT2D eigenvalue weighted by atomic mass is 32.1. The molecule has 0 radical (unpaired) electrons. The molecule has 8 nitrogen and oxygen atoms in total. The van der Waals surface area contributed by atoms with Gasteiger partial charge in [0.2, 0.25) is 5.91 Å². The van der Waals surface area contributed by atoms with Crippen molar-refractivity contribution in [1.82, 2.24) is 9.55 Å². The van der Waals surface area contributed by atoms with Gasteiger partial charge in [-0.2, -0.15) is 0 Å². The Kier molecular flexibility index (Phi) is 6.76. The number of methoxy groups -OCH3 is 1. The van der Waals surface area contributed by atoms with E-state index in [0.717, 1.165) is 0 Å². The average Bonchev–Trinajstić information content (AvgIpc) is 2.71. The van der Waals surface area contributed by atoms with Crippen molar-refractivity contribution in [2.24, 2.45) is 0 Å². The Labute approximate surface area is 177 Å². The summed E-state index contributed by atoms with van der Waals surface area (Å²) in [4.78, 5) is 39.5. The fourth-order valence-corrected chi connectivity index (χ4v) is 3.29. The summed E-state index contributed by atoms with van der Waals surface area (Å²) in [5.74, 6) is -0.495. The molecule has 0 aliphatic rings. The molecule has 0 fully saturated rings. The van der Waals surface area contributed by atoms with Crippen molar-refractivity contribution in [3.63, 3.8) is 0 Å². The number of aromatic nitrogens is 2. The predicted octanol–water partition coefficient (Wildman–Crippen LogP) is 3.31. The molecule has 2 amide bonds. The zero-order valence-electron chi connectivity index (χ0n) is 16.7. The number of carbonyl (C=O) groups excluding carboxylic acids is 2. The molecule has 0 aliphatic carbocycles. The monoisotopic (exact) mass is 426 g/mol. The van der Waals surface area contributed by atoms with Crippen molar-refractivity contribution in [3.05, 3.63) is 63.2 Å². The number of hydrogen-bond donors (Lipinski definition) is 3. The molecule has 0 saturated carbocycles. The first-order valence-electron chi connectivity index (χ1n) is 9.34. The lowest BCUT2D eigenvalue weighted by molar-refractivity contribution is -0.114. The van der Waals surface area contributed by atoms with E-state index in [9.17, 15) is 14.4 Å². The topological polar surface area (TPSA) is 105 Å². The van der Waals surface area contributed by atoms with Crippen LogP contribution in [0.4, 0.5) is 11.4 Å². The maximum Gasteiger partial charge on any atom is 0.262 e. The van der Waals surface area contributed by atoms with Crippen molar-refractivity contribution >= 4 is 46.3 Å². The molecule has 0 spiro atoms. The van der Waals surface area contributed by atoms with Gasteiger partial charge in [-0.05, 0) is 61.1 Å². The maximum atomic E-state index is 12.7. The van der Waals surface area contributed by atoms with Crippen molar-refractivity contribution in [1.29, 1.82) is 0 Å². The highest BCUT2D eigenvalue weighted by Crippen LogP contribution is 2.16. The second kappa shape index (κ2) is 9.47. The molecule has 0 bridgehead atoms. The van der Waals surface area contributed by atoms with Crippen LogP contribution in [0.5, 0.6) is 0 Å². The van der Waals surface area contributed by atoms with E-state index in [1.54, 1.807) is 49.6 Å². The Hall–Kier alpha value is -3.30. The van der Waals surface area contributed by atoms with Crippen LogP contribution in [0, 0.1) is 4.77 Å². The smallest absolute Gasteiger partial charge is 0.262 e. The number of H-pyrrole nitrogens is 1. The molecule has 0 atom stereocenters. The summed E-state index contributed by atoms with van der Waals surface area (Å²) < 4.78 is 6.82. The van der Waals surface area contributed by atoms with Crippen LogP contribution in [-0.4, -0.2) is 35.1 Å². The van der Waals surface area contributed by atoms with Crippen molar-refractivity contribution in [2.45, 2.75) is 19.9 Å². The average molecular weight is 426 g/mol. The number of rotatable bonds is 7. The zero-order valence-corrected chi connectivity index (χ0v) is 17.5. The number of amides is 2. The summed E-state index contributed by atoms with van der Waals surface area (Å²) in [5.41, 5.74) is 1.90. The number of benzene rings is 2. The molecule has 2 aromatic carbocycles. The summed E-state index contributed by atoms with van der Waals surface area (Å²) in [6, 6.07) is 11.6. The molecule has 0 saturated heterocycles. The molecule has 1 heterocycles. The molecule has 3 N–H and O–H groups in total. The Morgan fingerprint density at radius 3 is 2.40 bits per heavy atom. The quantitative estimate of drug-likeness (QED) is 0.397. The van der Waals surface area contributed by atoms with Gasteiger partial charge >= 0.3 is 0 Å². The lowest BCUT2D eigenvalue weighted by Crippen LogP contribution is -2.23. The Balaban J connectivity index is 1.81. The molecule has 156 valence electrons. The fraction of sp³-hybridized carbons (Fsp3) is 0.238. The molecule has 0 aliphatic heterocycles. The third-order valence-corrected chi connectivity index (χ3v) is 4.76. The number of ether oxygens (including phenoxy) is 1. The number of carbonyl (C=O) groups is 2. The molecule has 0 unspecified atom stereocenters. The van der Waals surface area contributed by atoms with E-state index in [-0.39, 0.29) is 17.4 Å². The van der Waals surface area contributed by atoms with Gasteiger partial charge < -0.3 is 20.4 Å². The van der Waals surface area contributed by atoms with Crippen LogP contribution >= 0.6 is 12.2 Å². The van der Waals surface area contributed by atoms with Gasteiger partial charge in [0.15, 0.2) is 4.77 Å². The van der Waals surface area contributed by atoms with Gasteiger partial charge in [0.05, 0.1) is 10.9 Å². The number of nitrogens with one attached hydrogen (secondary N) is 3. The minimum absolute atomic E-state index is 0.168. The third kappa shape index (κ3) is 5.00. The Bertz CT molecular complexity index is 1200. The Morgan fingerprint density at radius 2 is 1.77 bits per heavy atom. The summed E-state index contributed by atoms with van der Waals surface area (Å²) >= 11 is 5.31. The van der Waals surface area contributed by atoms with Gasteiger partial charge in [-0.1, -0.05) is 0 Å². The number of fused-ring (bicyclic) bond motifs is 1. The highest BCUT2D eigenvalue weighted by molar-refractivity contribution is 7.71. The van der Waals surface area contributed by atoms with Crippen LogP contribution in [0.3, 0.4) is 0 Å². The van der Waals surface area contributed by atoms with Crippen LogP contribution in [0.1, 0.15) is 23.7 Å². The van der Waals surface area contributed by atoms with E-state index in [4.69, 9.17) is 17.0 Å². The molecule has 30 heavy (non-hydrogen) atoms. The SMILES string of the molecule is COCCCn1c(=S)[nH]c2cc(C(=O)Nc3ccc(NC(C)=O)cc3)ccc2c1=O. The first-order valence-corrected chi connectivity index (χ1v) is 9.74. The zero-order chi connectivity index (χ0) is 21.7. The van der Waals surface area contributed by atoms with Gasteiger partial charge in [-0.3, -0.25) is 19.0 Å². The van der Waals surface area contributed by atoms with E-state index in [2.05, 4.69) is 15.6 Å². The standard InChI is InChI=1S/C21H22N4O4S/c1-13(26)22-15-5-7-16(8-6-15)23-19(27)14-4-9-17-18(12-14)24-21(30)25(20(17)28)10-3-11-29-2/h4-9,12H,3,10-11H2,1-2H3,(H,22,26)(H,23,27)(H,24,30). The maximum absolute atomic E-state index is 12.7. The van der Waals surface area contributed by atoms with Crippen molar-refractivity contribution in [2.75, 3.05) is 24.4 Å². The summed E-state index contributed by atoms with van der Waals surface area (Å²) in [6.07, 6.45) is 0.667. The first kappa shape index (κ1) is 21.4. The molecule has 1 aromatic heterocycles. The lowest BCUT2D eigenvalue weighted by atomic mass is 10.1. The van der Waals surface area contributed by atoms with Crippen LogP contribution in [0.2, 0.25) is 0 Å². The second-order valence-corrected chi connectivity index (χ2v) is 7.09. The number of nitrogens with zero attached hydrogens (tertiary/aromatic N) is 1. The largest absolute Gasteiger partial charge is 0.385 e. The molecular formula is C21H22N4O4S. The van der Waals surface area contributed by atoms with E-state index in [1.165, 1.54) is 11.5 Å². The van der Waals surface area contributed by atoms with Crippen molar-refractivity contribution in [3.8, 4) is 0 Å². The normalized spacial score (nSPS) is 10.7. The van der Waals surface area contributed by atoms with E-state index in [1.807, 2.05) is 0 Å². The van der Waals surface area contributed by atoms with E-state index >= 15 is 0 Å². The van der Waals surface area contributed by atoms with Crippen molar-refractivity contribution < 1.29 is 14.3 Å². The number of anilines is 2. The van der Waals surface area contributed by atoms with Crippen LogP contribution in [-0.2, 0) is 16.1 Å². The first-order chi connectivity index (χ1) is 14.4. The fourth-order valence-electron chi connectivity index (χ4n) is 3.01. The van der Waals surface area contributed by atoms with Gasteiger partial charge in [0, 0.05) is 44.1 Å². The van der Waals surface area contributed by atoms with Crippen LogP contribution in [0.25, 0.3) is 10.9 Å². The second-order valence-electron chi connectivity index (χ2n) is 6.71. The van der Waals surface area contributed by atoms with Gasteiger partial charge in [-0.25, -0.2) is 0 Å². The van der Waals surface area contributed by atoms with E-state index < -0.39 is 0 Å². The number of hydrogen-bond acceptors (Lipinski definition) is 5.